The van der Waals surface area contributed by atoms with Gasteiger partial charge in [-0.1, -0.05) is 40.6 Å². The molecule has 2 rings (SSSR count). The molecule has 5 heteroatoms. The number of rotatable bonds is 2. The Morgan fingerprint density at radius 2 is 2.07 bits per heavy atom. The first-order valence-corrected chi connectivity index (χ1v) is 5.27. The Labute approximate surface area is 94.0 Å². The van der Waals surface area contributed by atoms with Crippen molar-refractivity contribution in [2.45, 2.75) is 0 Å². The summed E-state index contributed by atoms with van der Waals surface area (Å²) >= 11 is 13.0. The van der Waals surface area contributed by atoms with Crippen LogP contribution in [0.5, 0.6) is 5.06 Å². The number of thiophene rings is 1. The van der Waals surface area contributed by atoms with Gasteiger partial charge in [-0.3, -0.25) is 4.79 Å². The molecule has 0 N–H and O–H groups in total. The average molecular weight is 247 g/mol. The third kappa shape index (κ3) is 1.59. The van der Waals surface area contributed by atoms with Gasteiger partial charge in [0.15, 0.2) is 5.06 Å². The zero-order chi connectivity index (χ0) is 10.1. The van der Waals surface area contributed by atoms with Gasteiger partial charge in [0.1, 0.15) is 4.34 Å². The number of halogens is 2. The largest absolute Gasteiger partial charge is 0.417 e. The Morgan fingerprint density at radius 3 is 2.79 bits per heavy atom. The normalized spacial score (nSPS) is 10.4. The lowest BCUT2D eigenvalue weighted by atomic mass is 10.2. The van der Waals surface area contributed by atoms with E-state index in [0.717, 1.165) is 10.8 Å². The second kappa shape index (κ2) is 3.77. The van der Waals surface area contributed by atoms with Gasteiger partial charge >= 0.3 is 0 Å². The number of fused-ring (bicyclic) bond motifs is 1. The molecule has 0 atom stereocenters. The zero-order valence-electron chi connectivity index (χ0n) is 6.79. The van der Waals surface area contributed by atoms with Crippen LogP contribution >= 0.6 is 34.5 Å². The number of hydrogen-bond acceptors (Lipinski definition) is 3. The molecule has 0 fully saturated rings. The third-order valence-electron chi connectivity index (χ3n) is 1.75. The highest BCUT2D eigenvalue weighted by molar-refractivity contribution is 7.20. The van der Waals surface area contributed by atoms with Crippen LogP contribution in [0.2, 0.25) is 9.36 Å². The van der Waals surface area contributed by atoms with Crippen LogP contribution in [0.1, 0.15) is 0 Å². The molecule has 0 aliphatic carbocycles. The van der Waals surface area contributed by atoms with Crippen LogP contribution in [-0.4, -0.2) is 6.47 Å². The molecule has 2 aromatic rings. The van der Waals surface area contributed by atoms with Crippen LogP contribution in [0, 0.1) is 0 Å². The smallest absolute Gasteiger partial charge is 0.299 e. The quantitative estimate of drug-likeness (QED) is 0.755. The van der Waals surface area contributed by atoms with Gasteiger partial charge in [-0.25, -0.2) is 0 Å². The summed E-state index contributed by atoms with van der Waals surface area (Å²) in [7, 11) is 0. The molecule has 0 spiro atoms. The monoisotopic (exact) mass is 246 g/mol. The first kappa shape index (κ1) is 9.77. The van der Waals surface area contributed by atoms with Crippen LogP contribution in [0.15, 0.2) is 18.2 Å². The number of carbonyl (C=O) groups is 1. The molecule has 0 aliphatic rings. The molecule has 0 aliphatic heterocycles. The Bertz CT molecular complexity index is 493. The van der Waals surface area contributed by atoms with Crippen molar-refractivity contribution >= 4 is 51.8 Å². The lowest BCUT2D eigenvalue weighted by molar-refractivity contribution is -0.120. The van der Waals surface area contributed by atoms with Crippen LogP contribution in [0.4, 0.5) is 0 Å². The van der Waals surface area contributed by atoms with Crippen LogP contribution < -0.4 is 4.74 Å². The Morgan fingerprint density at radius 1 is 1.29 bits per heavy atom. The second-order valence-electron chi connectivity index (χ2n) is 2.57. The molecule has 0 bridgehead atoms. The van der Waals surface area contributed by atoms with Gasteiger partial charge in [0, 0.05) is 15.8 Å². The highest BCUT2D eigenvalue weighted by atomic mass is 35.5. The predicted octanol–water partition coefficient (Wildman–Crippen LogP) is 3.74. The maximum atomic E-state index is 10.2. The van der Waals surface area contributed by atoms with Crippen molar-refractivity contribution in [3.05, 3.63) is 27.6 Å². The van der Waals surface area contributed by atoms with E-state index in [9.17, 15) is 4.79 Å². The molecule has 2 nitrogen and oxygen atoms in total. The van der Waals surface area contributed by atoms with Gasteiger partial charge in [0.05, 0.1) is 0 Å². The number of hydrogen-bond donors (Lipinski definition) is 0. The summed E-state index contributed by atoms with van der Waals surface area (Å²) in [6.45, 7) is 0.377. The standard InChI is InChI=1S/C9H4Cl2O2S/c10-5-1-2-6-7(3-5)9(13-4-12)14-8(6)11/h1-4H. The van der Waals surface area contributed by atoms with Gasteiger partial charge in [-0.15, -0.1) is 0 Å². The minimum absolute atomic E-state index is 0.377. The molecule has 1 aromatic heterocycles. The van der Waals surface area contributed by atoms with E-state index in [1.165, 1.54) is 11.3 Å². The molecule has 0 amide bonds. The van der Waals surface area contributed by atoms with Gasteiger partial charge in [0.25, 0.3) is 6.47 Å². The van der Waals surface area contributed by atoms with Crippen molar-refractivity contribution in [2.24, 2.45) is 0 Å². The fraction of sp³-hybridized carbons (Fsp3) is 0. The van der Waals surface area contributed by atoms with E-state index in [-0.39, 0.29) is 0 Å². The average Bonchev–Trinajstić information content (AvgIpc) is 2.44. The van der Waals surface area contributed by atoms with E-state index in [1.807, 2.05) is 0 Å². The van der Waals surface area contributed by atoms with Gasteiger partial charge in [0.2, 0.25) is 0 Å². The van der Waals surface area contributed by atoms with Gasteiger partial charge < -0.3 is 4.74 Å². The van der Waals surface area contributed by atoms with Crippen molar-refractivity contribution in [2.75, 3.05) is 0 Å². The highest BCUT2D eigenvalue weighted by Gasteiger charge is 2.10. The van der Waals surface area contributed by atoms with E-state index in [1.54, 1.807) is 18.2 Å². The van der Waals surface area contributed by atoms with E-state index in [2.05, 4.69) is 0 Å². The third-order valence-corrected chi connectivity index (χ3v) is 3.32. The maximum Gasteiger partial charge on any atom is 0.299 e. The summed E-state index contributed by atoms with van der Waals surface area (Å²) in [6.07, 6.45) is 0. The molecule has 0 saturated carbocycles. The molecule has 0 radical (unpaired) electrons. The van der Waals surface area contributed by atoms with Crippen LogP contribution in [0.25, 0.3) is 10.8 Å². The fourth-order valence-corrected chi connectivity index (χ4v) is 2.54. The molecule has 14 heavy (non-hydrogen) atoms. The van der Waals surface area contributed by atoms with E-state index < -0.39 is 0 Å². The van der Waals surface area contributed by atoms with Crippen molar-refractivity contribution < 1.29 is 9.53 Å². The van der Waals surface area contributed by atoms with E-state index >= 15 is 0 Å². The number of ether oxygens (including phenoxy) is 1. The summed E-state index contributed by atoms with van der Waals surface area (Å²) in [6, 6.07) is 5.26. The Balaban J connectivity index is 2.72. The minimum Gasteiger partial charge on any atom is -0.417 e. The number of carbonyl (C=O) groups excluding carboxylic acids is 1. The molecular weight excluding hydrogens is 243 g/mol. The van der Waals surface area contributed by atoms with Crippen molar-refractivity contribution in [3.63, 3.8) is 0 Å². The molecular formula is C9H4Cl2O2S. The summed E-state index contributed by atoms with van der Waals surface area (Å²) in [5.74, 6) is 0. The van der Waals surface area contributed by atoms with Gasteiger partial charge in [-0.05, 0) is 12.1 Å². The summed E-state index contributed by atoms with van der Waals surface area (Å²) in [4.78, 5) is 10.2. The molecule has 0 unspecified atom stereocenters. The second-order valence-corrected chi connectivity index (χ2v) is 4.59. The summed E-state index contributed by atoms with van der Waals surface area (Å²) < 4.78 is 5.38. The predicted molar refractivity (Wildman–Crippen MR) is 58.5 cm³/mol. The summed E-state index contributed by atoms with van der Waals surface area (Å²) in [5.41, 5.74) is 0. The van der Waals surface area contributed by atoms with Crippen LogP contribution in [0.3, 0.4) is 0 Å². The van der Waals surface area contributed by atoms with E-state index in [4.69, 9.17) is 27.9 Å². The molecule has 1 aromatic carbocycles. The summed E-state index contributed by atoms with van der Waals surface area (Å²) in [5, 5.41) is 2.67. The first-order chi connectivity index (χ1) is 6.72. The van der Waals surface area contributed by atoms with E-state index in [0.29, 0.717) is 20.9 Å². The SMILES string of the molecule is O=COc1sc(Cl)c2ccc(Cl)cc12. The Kier molecular flexibility index (Phi) is 2.63. The van der Waals surface area contributed by atoms with Crippen molar-refractivity contribution in [3.8, 4) is 5.06 Å². The topological polar surface area (TPSA) is 26.3 Å². The number of benzene rings is 1. The minimum atomic E-state index is 0.377. The lowest BCUT2D eigenvalue weighted by Crippen LogP contribution is -1.84. The Hall–Kier alpha value is -0.770. The van der Waals surface area contributed by atoms with Crippen molar-refractivity contribution in [1.29, 1.82) is 0 Å². The van der Waals surface area contributed by atoms with Crippen molar-refractivity contribution in [1.82, 2.24) is 0 Å². The lowest BCUT2D eigenvalue weighted by Gasteiger charge is -1.94. The molecule has 1 heterocycles. The maximum absolute atomic E-state index is 10.2. The van der Waals surface area contributed by atoms with Gasteiger partial charge in [-0.2, -0.15) is 0 Å². The molecule has 0 saturated heterocycles. The zero-order valence-corrected chi connectivity index (χ0v) is 9.12. The highest BCUT2D eigenvalue weighted by Crippen LogP contribution is 2.41. The van der Waals surface area contributed by atoms with Crippen LogP contribution in [-0.2, 0) is 4.79 Å². The molecule has 72 valence electrons. The first-order valence-electron chi connectivity index (χ1n) is 3.70. The fourth-order valence-electron chi connectivity index (χ4n) is 1.18.